The number of hydrogen-bond donors (Lipinski definition) is 0. The number of carbonyl (C=O) groups excluding carboxylic acids is 1. The Kier molecular flexibility index (Phi) is 2.59. The number of hydrogen-bond acceptors (Lipinski definition) is 1. The maximum atomic E-state index is 12.9. The molecule has 0 radical (unpaired) electrons. The fourth-order valence-corrected chi connectivity index (χ4v) is 0.957. The minimum absolute atomic E-state index is 0.459. The second-order valence-electron chi connectivity index (χ2n) is 2.81. The van der Waals surface area contributed by atoms with Gasteiger partial charge in [-0.3, -0.25) is 4.79 Å². The predicted molar refractivity (Wildman–Crippen MR) is 41.5 cm³/mol. The van der Waals surface area contributed by atoms with E-state index in [0.29, 0.717) is 5.56 Å². The maximum absolute atomic E-state index is 12.9. The van der Waals surface area contributed by atoms with Crippen LogP contribution in [0.25, 0.3) is 0 Å². The van der Waals surface area contributed by atoms with Crippen molar-refractivity contribution in [3.8, 4) is 0 Å². The molecule has 5 heteroatoms. The number of ketones is 1. The van der Waals surface area contributed by atoms with Gasteiger partial charge in [-0.05, 0) is 24.6 Å². The first-order valence-corrected chi connectivity index (χ1v) is 3.70. The molecule has 1 rings (SSSR count). The Morgan fingerprint density at radius 2 is 1.86 bits per heavy atom. The van der Waals surface area contributed by atoms with E-state index in [1.807, 2.05) is 0 Å². The molecule has 0 unspecified atom stereocenters. The maximum Gasteiger partial charge on any atom is 0.454 e. The lowest BCUT2D eigenvalue weighted by Gasteiger charge is -2.06. The molecular formula is C9H6F4O. The topological polar surface area (TPSA) is 17.1 Å². The van der Waals surface area contributed by atoms with E-state index in [1.165, 1.54) is 13.0 Å². The number of carbonyl (C=O) groups is 1. The van der Waals surface area contributed by atoms with E-state index in [4.69, 9.17) is 0 Å². The smallest absolute Gasteiger partial charge is 0.284 e. The van der Waals surface area contributed by atoms with Crippen molar-refractivity contribution in [2.75, 3.05) is 0 Å². The molecule has 0 saturated heterocycles. The summed E-state index contributed by atoms with van der Waals surface area (Å²) in [4.78, 5) is 10.6. The summed E-state index contributed by atoms with van der Waals surface area (Å²) in [6, 6.07) is 2.97. The van der Waals surface area contributed by atoms with Crippen LogP contribution in [0, 0.1) is 12.7 Å². The molecule has 0 spiro atoms. The van der Waals surface area contributed by atoms with Gasteiger partial charge in [-0.15, -0.1) is 0 Å². The van der Waals surface area contributed by atoms with E-state index in [-0.39, 0.29) is 0 Å². The molecule has 0 bridgehead atoms. The van der Waals surface area contributed by atoms with Gasteiger partial charge in [-0.2, -0.15) is 13.2 Å². The summed E-state index contributed by atoms with van der Waals surface area (Å²) in [5.41, 5.74) is -0.482. The third-order valence-electron chi connectivity index (χ3n) is 1.63. The van der Waals surface area contributed by atoms with Crippen LogP contribution in [0.3, 0.4) is 0 Å². The van der Waals surface area contributed by atoms with Crippen LogP contribution in [0.15, 0.2) is 18.2 Å². The molecule has 0 aliphatic carbocycles. The van der Waals surface area contributed by atoms with Crippen molar-refractivity contribution in [1.82, 2.24) is 0 Å². The Labute approximate surface area is 77.3 Å². The van der Waals surface area contributed by atoms with Crippen molar-refractivity contribution in [3.63, 3.8) is 0 Å². The fourth-order valence-electron chi connectivity index (χ4n) is 0.957. The van der Waals surface area contributed by atoms with Gasteiger partial charge in [-0.25, -0.2) is 4.39 Å². The number of rotatable bonds is 1. The van der Waals surface area contributed by atoms with Crippen LogP contribution >= 0.6 is 0 Å². The van der Waals surface area contributed by atoms with Crippen LogP contribution in [0.1, 0.15) is 15.9 Å². The quantitative estimate of drug-likeness (QED) is 0.510. The normalized spacial score (nSPS) is 11.5. The predicted octanol–water partition coefficient (Wildman–Crippen LogP) is 2.88. The van der Waals surface area contributed by atoms with Crippen LogP contribution < -0.4 is 0 Å². The van der Waals surface area contributed by atoms with E-state index in [1.54, 1.807) is 0 Å². The lowest BCUT2D eigenvalue weighted by molar-refractivity contribution is -0.0887. The molecule has 0 atom stereocenters. The van der Waals surface area contributed by atoms with Crippen molar-refractivity contribution in [1.29, 1.82) is 0 Å². The molecule has 76 valence electrons. The molecule has 0 N–H and O–H groups in total. The van der Waals surface area contributed by atoms with Gasteiger partial charge in [0, 0.05) is 0 Å². The number of halogens is 4. The number of Topliss-reactive ketones (excluding diaryl/α,β-unsaturated/α-hetero) is 1. The van der Waals surface area contributed by atoms with Crippen LogP contribution in [-0.4, -0.2) is 12.0 Å². The van der Waals surface area contributed by atoms with Crippen molar-refractivity contribution in [3.05, 3.63) is 35.1 Å². The Hall–Kier alpha value is -1.39. The summed E-state index contributed by atoms with van der Waals surface area (Å²) in [6.45, 7) is 1.52. The van der Waals surface area contributed by atoms with Gasteiger partial charge in [0.05, 0.1) is 5.56 Å². The Morgan fingerprint density at radius 3 is 2.29 bits per heavy atom. The number of aryl methyl sites for hydroxylation is 1. The van der Waals surface area contributed by atoms with Crippen molar-refractivity contribution in [2.24, 2.45) is 0 Å². The van der Waals surface area contributed by atoms with Crippen LogP contribution in [0.5, 0.6) is 0 Å². The monoisotopic (exact) mass is 206 g/mol. The molecule has 0 aliphatic heterocycles. The first kappa shape index (κ1) is 10.7. The van der Waals surface area contributed by atoms with Gasteiger partial charge in [-0.1, -0.05) is 6.07 Å². The van der Waals surface area contributed by atoms with Crippen molar-refractivity contribution in [2.45, 2.75) is 13.1 Å². The zero-order valence-electron chi connectivity index (χ0n) is 7.15. The number of alkyl halides is 3. The second kappa shape index (κ2) is 3.40. The summed E-state index contributed by atoms with van der Waals surface area (Å²) in [7, 11) is 0. The molecular weight excluding hydrogens is 200 g/mol. The molecule has 0 aliphatic rings. The van der Waals surface area contributed by atoms with Gasteiger partial charge in [0.1, 0.15) is 5.82 Å². The highest BCUT2D eigenvalue weighted by atomic mass is 19.4. The van der Waals surface area contributed by atoms with Gasteiger partial charge in [0.15, 0.2) is 0 Å². The van der Waals surface area contributed by atoms with Crippen molar-refractivity contribution < 1.29 is 22.4 Å². The van der Waals surface area contributed by atoms with Crippen LogP contribution in [-0.2, 0) is 0 Å². The fraction of sp³-hybridized carbons (Fsp3) is 0.222. The third-order valence-corrected chi connectivity index (χ3v) is 1.63. The molecule has 0 fully saturated rings. The highest BCUT2D eigenvalue weighted by Crippen LogP contribution is 2.23. The Balaban J connectivity index is 3.15. The van der Waals surface area contributed by atoms with Gasteiger partial charge in [0.2, 0.25) is 0 Å². The van der Waals surface area contributed by atoms with E-state index < -0.39 is 23.3 Å². The standard InChI is InChI=1S/C9H6F4O/c1-5-2-3-6(7(10)4-5)8(14)9(11,12)13/h2-4H,1H3. The van der Waals surface area contributed by atoms with E-state index in [0.717, 1.165) is 12.1 Å². The minimum atomic E-state index is -5.03. The third kappa shape index (κ3) is 2.10. The SMILES string of the molecule is Cc1ccc(C(=O)C(F)(F)F)c(F)c1. The van der Waals surface area contributed by atoms with E-state index in [2.05, 4.69) is 0 Å². The lowest BCUT2D eigenvalue weighted by Crippen LogP contribution is -2.23. The Morgan fingerprint density at radius 1 is 1.29 bits per heavy atom. The zero-order chi connectivity index (χ0) is 10.9. The van der Waals surface area contributed by atoms with Crippen LogP contribution in [0.2, 0.25) is 0 Å². The van der Waals surface area contributed by atoms with E-state index in [9.17, 15) is 22.4 Å². The largest absolute Gasteiger partial charge is 0.454 e. The van der Waals surface area contributed by atoms with Gasteiger partial charge < -0.3 is 0 Å². The molecule has 0 amide bonds. The van der Waals surface area contributed by atoms with Gasteiger partial charge in [0.25, 0.3) is 5.78 Å². The highest BCUT2D eigenvalue weighted by Gasteiger charge is 2.40. The average molecular weight is 206 g/mol. The zero-order valence-corrected chi connectivity index (χ0v) is 7.15. The number of benzene rings is 1. The Bertz CT molecular complexity index is 368. The molecule has 14 heavy (non-hydrogen) atoms. The van der Waals surface area contributed by atoms with Crippen LogP contribution in [0.4, 0.5) is 17.6 Å². The molecule has 1 aromatic carbocycles. The molecule has 1 nitrogen and oxygen atoms in total. The summed E-state index contributed by atoms with van der Waals surface area (Å²) < 4.78 is 48.6. The minimum Gasteiger partial charge on any atom is -0.284 e. The first-order valence-electron chi connectivity index (χ1n) is 3.70. The summed E-state index contributed by atoms with van der Waals surface area (Å²) in [6.07, 6.45) is -5.03. The molecule has 0 aromatic heterocycles. The molecule has 1 aromatic rings. The summed E-state index contributed by atoms with van der Waals surface area (Å²) in [5, 5.41) is 0. The van der Waals surface area contributed by atoms with Gasteiger partial charge >= 0.3 is 6.18 Å². The average Bonchev–Trinajstić information content (AvgIpc) is 2.01. The highest BCUT2D eigenvalue weighted by molar-refractivity contribution is 6.00. The summed E-state index contributed by atoms with van der Waals surface area (Å²) >= 11 is 0. The summed E-state index contributed by atoms with van der Waals surface area (Å²) in [5.74, 6) is -3.30. The molecule has 0 saturated carbocycles. The second-order valence-corrected chi connectivity index (χ2v) is 2.81. The molecule has 0 heterocycles. The van der Waals surface area contributed by atoms with Crippen molar-refractivity contribution >= 4 is 5.78 Å². The first-order chi connectivity index (χ1) is 6.32. The van der Waals surface area contributed by atoms with E-state index >= 15 is 0 Å². The lowest BCUT2D eigenvalue weighted by atomic mass is 10.1.